The predicted molar refractivity (Wildman–Crippen MR) is 92.2 cm³/mol. The zero-order chi connectivity index (χ0) is 14.7. The number of likely N-dealkylation sites (N-methyl/N-ethyl adjacent to an activating group) is 1. The van der Waals surface area contributed by atoms with E-state index in [1.807, 2.05) is 11.3 Å². The number of rotatable bonds is 5. The van der Waals surface area contributed by atoms with Crippen molar-refractivity contribution in [2.45, 2.75) is 51.0 Å². The topological polar surface area (TPSA) is 12.0 Å². The Labute approximate surface area is 132 Å². The second-order valence-electron chi connectivity index (χ2n) is 6.06. The fourth-order valence-corrected chi connectivity index (χ4v) is 4.70. The van der Waals surface area contributed by atoms with Crippen molar-refractivity contribution >= 4 is 11.3 Å². The van der Waals surface area contributed by atoms with Gasteiger partial charge in [0, 0.05) is 16.8 Å². The Morgan fingerprint density at radius 1 is 1.33 bits per heavy atom. The van der Waals surface area contributed by atoms with E-state index in [1.54, 1.807) is 10.4 Å². The molecule has 1 aliphatic rings. The first kappa shape index (κ1) is 14.8. The second-order valence-corrected chi connectivity index (χ2v) is 7.06. The van der Waals surface area contributed by atoms with Crippen molar-refractivity contribution in [1.82, 2.24) is 5.32 Å². The van der Waals surface area contributed by atoms with E-state index in [4.69, 9.17) is 0 Å². The molecule has 0 saturated heterocycles. The van der Waals surface area contributed by atoms with Crippen molar-refractivity contribution in [2.24, 2.45) is 0 Å². The average molecular weight is 299 g/mol. The first-order valence-electron chi connectivity index (χ1n) is 8.16. The van der Waals surface area contributed by atoms with Gasteiger partial charge in [0.1, 0.15) is 0 Å². The monoisotopic (exact) mass is 299 g/mol. The highest BCUT2D eigenvalue weighted by Gasteiger charge is 2.28. The smallest absolute Gasteiger partial charge is 0.0387 e. The van der Waals surface area contributed by atoms with E-state index in [1.165, 1.54) is 43.2 Å². The Kier molecular flexibility index (Phi) is 4.77. The van der Waals surface area contributed by atoms with Gasteiger partial charge >= 0.3 is 0 Å². The van der Waals surface area contributed by atoms with Crippen LogP contribution in [0.5, 0.6) is 0 Å². The Balaban J connectivity index is 1.91. The molecule has 0 radical (unpaired) electrons. The molecular formula is C19H25NS. The standard InChI is InChI=1S/C19H25NS/c1-3-6-14-7-4-8-15(13-14)19(20-2)17-9-5-10-18-16(17)11-12-21-18/h4,7-8,11-13,17,19-20H,3,5-6,9-10H2,1-2H3. The summed E-state index contributed by atoms with van der Waals surface area (Å²) < 4.78 is 0. The SMILES string of the molecule is CCCc1cccc(C(NC)C2CCCc3sccc32)c1. The zero-order valence-electron chi connectivity index (χ0n) is 13.1. The molecule has 0 spiro atoms. The van der Waals surface area contributed by atoms with Crippen LogP contribution in [0.3, 0.4) is 0 Å². The number of hydrogen-bond donors (Lipinski definition) is 1. The lowest BCUT2D eigenvalue weighted by atomic mass is 9.79. The van der Waals surface area contributed by atoms with Crippen LogP contribution in [-0.2, 0) is 12.8 Å². The molecule has 0 saturated carbocycles. The number of hydrogen-bond acceptors (Lipinski definition) is 2. The van der Waals surface area contributed by atoms with E-state index in [0.29, 0.717) is 12.0 Å². The maximum absolute atomic E-state index is 3.59. The third-order valence-corrected chi connectivity index (χ3v) is 5.66. The number of thiophene rings is 1. The minimum atomic E-state index is 0.440. The van der Waals surface area contributed by atoms with Crippen LogP contribution in [-0.4, -0.2) is 7.05 Å². The summed E-state index contributed by atoms with van der Waals surface area (Å²) in [4.78, 5) is 1.61. The van der Waals surface area contributed by atoms with Gasteiger partial charge in [-0.15, -0.1) is 11.3 Å². The Morgan fingerprint density at radius 3 is 3.05 bits per heavy atom. The van der Waals surface area contributed by atoms with Gasteiger partial charge in [-0.05, 0) is 60.9 Å². The number of nitrogens with one attached hydrogen (secondary N) is 1. The lowest BCUT2D eigenvalue weighted by Gasteiger charge is -2.31. The molecule has 1 aromatic heterocycles. The lowest BCUT2D eigenvalue weighted by Crippen LogP contribution is -2.26. The molecule has 112 valence electrons. The van der Waals surface area contributed by atoms with Gasteiger partial charge in [-0.3, -0.25) is 0 Å². The van der Waals surface area contributed by atoms with Crippen molar-refractivity contribution in [3.63, 3.8) is 0 Å². The molecule has 2 unspecified atom stereocenters. The van der Waals surface area contributed by atoms with Gasteiger partial charge in [-0.1, -0.05) is 37.6 Å². The molecule has 0 amide bonds. The molecule has 1 N–H and O–H groups in total. The van der Waals surface area contributed by atoms with Crippen LogP contribution in [0.2, 0.25) is 0 Å². The summed E-state index contributed by atoms with van der Waals surface area (Å²) in [5.74, 6) is 0.627. The molecule has 3 rings (SSSR count). The van der Waals surface area contributed by atoms with Crippen molar-refractivity contribution in [1.29, 1.82) is 0 Å². The molecule has 1 heterocycles. The molecule has 1 aliphatic carbocycles. The summed E-state index contributed by atoms with van der Waals surface area (Å²) in [5, 5.41) is 5.86. The van der Waals surface area contributed by atoms with Crippen molar-refractivity contribution < 1.29 is 0 Å². The maximum atomic E-state index is 3.59. The second kappa shape index (κ2) is 6.76. The number of fused-ring (bicyclic) bond motifs is 1. The van der Waals surface area contributed by atoms with Crippen LogP contribution in [0.25, 0.3) is 0 Å². The van der Waals surface area contributed by atoms with Gasteiger partial charge in [0.05, 0.1) is 0 Å². The van der Waals surface area contributed by atoms with E-state index in [2.05, 4.69) is 55.0 Å². The van der Waals surface area contributed by atoms with Crippen molar-refractivity contribution in [3.05, 3.63) is 57.3 Å². The summed E-state index contributed by atoms with van der Waals surface area (Å²) in [7, 11) is 2.11. The minimum Gasteiger partial charge on any atom is -0.312 e. The largest absolute Gasteiger partial charge is 0.312 e. The molecular weight excluding hydrogens is 274 g/mol. The third-order valence-electron chi connectivity index (χ3n) is 4.66. The maximum Gasteiger partial charge on any atom is 0.0387 e. The average Bonchev–Trinajstić information content (AvgIpc) is 2.98. The highest BCUT2D eigenvalue weighted by molar-refractivity contribution is 7.10. The summed E-state index contributed by atoms with van der Waals surface area (Å²) in [5.41, 5.74) is 4.51. The molecule has 2 aromatic rings. The lowest BCUT2D eigenvalue weighted by molar-refractivity contribution is 0.428. The molecule has 0 bridgehead atoms. The molecule has 2 atom stereocenters. The summed E-state index contributed by atoms with van der Waals surface area (Å²) in [6, 6.07) is 12.0. The van der Waals surface area contributed by atoms with Gasteiger partial charge in [0.2, 0.25) is 0 Å². The summed E-state index contributed by atoms with van der Waals surface area (Å²) in [6.07, 6.45) is 6.29. The van der Waals surface area contributed by atoms with Gasteiger partial charge in [-0.2, -0.15) is 0 Å². The molecule has 2 heteroatoms. The van der Waals surface area contributed by atoms with Gasteiger partial charge < -0.3 is 5.32 Å². The van der Waals surface area contributed by atoms with Crippen LogP contribution < -0.4 is 5.32 Å². The first-order valence-corrected chi connectivity index (χ1v) is 9.03. The Hall–Kier alpha value is -1.12. The van der Waals surface area contributed by atoms with E-state index >= 15 is 0 Å². The first-order chi connectivity index (χ1) is 10.3. The van der Waals surface area contributed by atoms with Gasteiger partial charge in [0.15, 0.2) is 0 Å². The van der Waals surface area contributed by atoms with E-state index < -0.39 is 0 Å². The molecule has 0 aliphatic heterocycles. The zero-order valence-corrected chi connectivity index (χ0v) is 13.9. The molecule has 0 fully saturated rings. The van der Waals surface area contributed by atoms with Gasteiger partial charge in [0.25, 0.3) is 0 Å². The van der Waals surface area contributed by atoms with Crippen LogP contribution in [0.15, 0.2) is 35.7 Å². The fraction of sp³-hybridized carbons (Fsp3) is 0.474. The Bertz CT molecular complexity index is 587. The normalized spacial score (nSPS) is 19.2. The molecule has 1 aromatic carbocycles. The van der Waals surface area contributed by atoms with Crippen molar-refractivity contribution in [2.75, 3.05) is 7.05 Å². The number of aryl methyl sites for hydroxylation is 2. The van der Waals surface area contributed by atoms with Crippen LogP contribution >= 0.6 is 11.3 Å². The quantitative estimate of drug-likeness (QED) is 0.811. The van der Waals surface area contributed by atoms with Gasteiger partial charge in [-0.25, -0.2) is 0 Å². The summed E-state index contributed by atoms with van der Waals surface area (Å²) >= 11 is 1.94. The van der Waals surface area contributed by atoms with Crippen LogP contribution in [0.4, 0.5) is 0 Å². The number of benzene rings is 1. The highest BCUT2D eigenvalue weighted by atomic mass is 32.1. The van der Waals surface area contributed by atoms with E-state index in [0.717, 1.165) is 0 Å². The Morgan fingerprint density at radius 2 is 2.24 bits per heavy atom. The minimum absolute atomic E-state index is 0.440. The summed E-state index contributed by atoms with van der Waals surface area (Å²) in [6.45, 7) is 2.25. The van der Waals surface area contributed by atoms with E-state index in [-0.39, 0.29) is 0 Å². The molecule has 21 heavy (non-hydrogen) atoms. The third kappa shape index (κ3) is 3.07. The fourth-order valence-electron chi connectivity index (χ4n) is 3.70. The van der Waals surface area contributed by atoms with E-state index in [9.17, 15) is 0 Å². The predicted octanol–water partition coefficient (Wildman–Crippen LogP) is 5.08. The highest BCUT2D eigenvalue weighted by Crippen LogP contribution is 2.42. The van der Waals surface area contributed by atoms with Crippen LogP contribution in [0.1, 0.15) is 59.7 Å². The van der Waals surface area contributed by atoms with Crippen LogP contribution in [0, 0.1) is 0 Å². The van der Waals surface area contributed by atoms with Crippen molar-refractivity contribution in [3.8, 4) is 0 Å². The molecule has 1 nitrogen and oxygen atoms in total.